The number of nitrogens with zero attached hydrogens (tertiary/aromatic N) is 5. The second-order valence-corrected chi connectivity index (χ2v) is 11.1. The van der Waals surface area contributed by atoms with Crippen LogP contribution < -0.4 is 15.5 Å². The van der Waals surface area contributed by atoms with Crippen LogP contribution in [0, 0.1) is 5.41 Å². The summed E-state index contributed by atoms with van der Waals surface area (Å²) < 4.78 is 5.45. The van der Waals surface area contributed by atoms with Gasteiger partial charge < -0.3 is 20.3 Å². The molecule has 0 amide bonds. The Hall–Kier alpha value is -2.55. The fourth-order valence-corrected chi connectivity index (χ4v) is 6.67. The molecule has 3 aromatic rings. The molecule has 3 aliphatic rings. The summed E-state index contributed by atoms with van der Waals surface area (Å²) in [5, 5.41) is 1.28. The average Bonchev–Trinajstić information content (AvgIpc) is 3.25. The molecule has 1 aliphatic carbocycles. The van der Waals surface area contributed by atoms with E-state index in [2.05, 4.69) is 44.0 Å². The van der Waals surface area contributed by atoms with E-state index in [0.717, 1.165) is 55.6 Å². The Balaban J connectivity index is 1.13. The molecule has 2 fully saturated rings. The first-order valence-electron chi connectivity index (χ1n) is 12.2. The van der Waals surface area contributed by atoms with Crippen molar-refractivity contribution in [3.63, 3.8) is 0 Å². The molecule has 9 heteroatoms. The Morgan fingerprint density at radius 2 is 1.66 bits per heavy atom. The molecule has 0 bridgehead atoms. The van der Waals surface area contributed by atoms with Crippen LogP contribution in [0.3, 0.4) is 0 Å². The van der Waals surface area contributed by atoms with Gasteiger partial charge in [-0.15, -0.1) is 0 Å². The minimum Gasteiger partial charge on any atom is -0.381 e. The molecule has 0 radical (unpaired) electrons. The number of anilines is 3. The molecule has 4 heterocycles. The number of benzene rings is 1. The van der Waals surface area contributed by atoms with Crippen molar-refractivity contribution < 1.29 is 4.74 Å². The number of aromatic nitrogens is 3. The number of piperidine rings is 1. The molecule has 2 N–H and O–H groups in total. The highest BCUT2D eigenvalue weighted by Crippen LogP contribution is 2.45. The number of halogens is 1. The SMILES string of the molecule is Nc1nc(N2CCC3(CC2)Cc2ccccc2C3)cnc1Sc1ccnc(N2CCOCC2)c1Cl. The van der Waals surface area contributed by atoms with Gasteiger partial charge in [0.15, 0.2) is 5.82 Å². The third-order valence-electron chi connectivity index (χ3n) is 7.50. The summed E-state index contributed by atoms with van der Waals surface area (Å²) in [5.74, 6) is 2.06. The number of nitrogen functional groups attached to an aromatic ring is 1. The predicted molar refractivity (Wildman–Crippen MR) is 141 cm³/mol. The van der Waals surface area contributed by atoms with Gasteiger partial charge in [0, 0.05) is 37.3 Å². The van der Waals surface area contributed by atoms with Crippen molar-refractivity contribution >= 4 is 40.8 Å². The molecule has 2 aromatic heterocycles. The number of morpholine rings is 1. The van der Waals surface area contributed by atoms with Crippen LogP contribution in [0.15, 0.2) is 52.6 Å². The van der Waals surface area contributed by atoms with E-state index >= 15 is 0 Å². The Bertz CT molecular complexity index is 1200. The lowest BCUT2D eigenvalue weighted by molar-refractivity contribution is 0.122. The maximum absolute atomic E-state index is 6.73. The summed E-state index contributed by atoms with van der Waals surface area (Å²) in [6.45, 7) is 4.88. The normalized spacial score (nSPS) is 19.2. The van der Waals surface area contributed by atoms with Gasteiger partial charge in [-0.05, 0) is 48.3 Å². The van der Waals surface area contributed by atoms with Crippen molar-refractivity contribution in [3.05, 3.63) is 58.9 Å². The summed E-state index contributed by atoms with van der Waals surface area (Å²) in [5.41, 5.74) is 9.82. The average molecular weight is 509 g/mol. The molecule has 1 aromatic carbocycles. The number of fused-ring (bicyclic) bond motifs is 1. The number of rotatable bonds is 4. The highest BCUT2D eigenvalue weighted by molar-refractivity contribution is 7.99. The molecule has 2 aliphatic heterocycles. The zero-order valence-corrected chi connectivity index (χ0v) is 21.2. The fraction of sp³-hybridized carbons (Fsp3) is 0.423. The third-order valence-corrected chi connectivity index (χ3v) is 9.05. The standard InChI is InChI=1S/C26H29ClN6OS/c27-22-20(5-8-29-24(22)33-11-13-34-14-12-33)35-25-23(28)31-21(17-30-25)32-9-6-26(7-10-32)15-18-3-1-2-4-19(18)16-26/h1-5,8,17H,6-7,9-16H2,(H2,28,31). The molecule has 7 nitrogen and oxygen atoms in total. The van der Waals surface area contributed by atoms with E-state index in [4.69, 9.17) is 27.1 Å². The van der Waals surface area contributed by atoms with E-state index in [1.165, 1.54) is 35.7 Å². The maximum Gasteiger partial charge on any atom is 0.158 e. The minimum absolute atomic E-state index is 0.394. The lowest BCUT2D eigenvalue weighted by atomic mass is 9.76. The second-order valence-electron chi connectivity index (χ2n) is 9.68. The number of ether oxygens (including phenoxy) is 1. The van der Waals surface area contributed by atoms with E-state index < -0.39 is 0 Å². The van der Waals surface area contributed by atoms with E-state index in [1.54, 1.807) is 6.20 Å². The van der Waals surface area contributed by atoms with Crippen molar-refractivity contribution in [1.29, 1.82) is 0 Å². The summed E-state index contributed by atoms with van der Waals surface area (Å²) in [6, 6.07) is 10.8. The van der Waals surface area contributed by atoms with Gasteiger partial charge >= 0.3 is 0 Å². The van der Waals surface area contributed by atoms with Crippen molar-refractivity contribution in [2.45, 2.75) is 35.6 Å². The number of hydrogen-bond acceptors (Lipinski definition) is 8. The zero-order chi connectivity index (χ0) is 23.8. The molecule has 35 heavy (non-hydrogen) atoms. The summed E-state index contributed by atoms with van der Waals surface area (Å²) in [7, 11) is 0. The van der Waals surface area contributed by atoms with Crippen molar-refractivity contribution in [3.8, 4) is 0 Å². The van der Waals surface area contributed by atoms with Crippen molar-refractivity contribution in [2.24, 2.45) is 5.41 Å². The first kappa shape index (κ1) is 22.9. The van der Waals surface area contributed by atoms with Crippen LogP contribution in [-0.2, 0) is 17.6 Å². The topological polar surface area (TPSA) is 80.4 Å². The Labute approximate surface area is 215 Å². The lowest BCUT2D eigenvalue weighted by Crippen LogP contribution is -2.41. The van der Waals surface area contributed by atoms with E-state index in [-0.39, 0.29) is 0 Å². The van der Waals surface area contributed by atoms with Gasteiger partial charge in [0.25, 0.3) is 0 Å². The van der Waals surface area contributed by atoms with Gasteiger partial charge in [-0.3, -0.25) is 0 Å². The van der Waals surface area contributed by atoms with Gasteiger partial charge in [0.1, 0.15) is 16.7 Å². The van der Waals surface area contributed by atoms with Gasteiger partial charge in [-0.25, -0.2) is 15.0 Å². The smallest absolute Gasteiger partial charge is 0.158 e. The Morgan fingerprint density at radius 3 is 2.34 bits per heavy atom. The molecule has 182 valence electrons. The van der Waals surface area contributed by atoms with Crippen LogP contribution in [0.5, 0.6) is 0 Å². The largest absolute Gasteiger partial charge is 0.381 e. The summed E-state index contributed by atoms with van der Waals surface area (Å²) >= 11 is 8.16. The van der Waals surface area contributed by atoms with Gasteiger partial charge in [-0.1, -0.05) is 47.6 Å². The number of hydrogen-bond donors (Lipinski definition) is 1. The number of nitrogens with two attached hydrogens (primary N) is 1. The second kappa shape index (κ2) is 9.48. The quantitative estimate of drug-likeness (QED) is 0.552. The zero-order valence-electron chi connectivity index (χ0n) is 19.6. The molecular weight excluding hydrogens is 480 g/mol. The lowest BCUT2D eigenvalue weighted by Gasteiger charge is -2.40. The monoisotopic (exact) mass is 508 g/mol. The summed E-state index contributed by atoms with van der Waals surface area (Å²) in [4.78, 5) is 19.2. The highest BCUT2D eigenvalue weighted by atomic mass is 35.5. The molecular formula is C26H29ClN6OS. The van der Waals surface area contributed by atoms with E-state index in [9.17, 15) is 0 Å². The molecule has 0 atom stereocenters. The highest BCUT2D eigenvalue weighted by Gasteiger charge is 2.40. The van der Waals surface area contributed by atoms with Crippen molar-refractivity contribution in [1.82, 2.24) is 15.0 Å². The molecule has 0 unspecified atom stereocenters. The van der Waals surface area contributed by atoms with E-state index in [0.29, 0.717) is 34.5 Å². The maximum atomic E-state index is 6.73. The van der Waals surface area contributed by atoms with Crippen LogP contribution in [0.4, 0.5) is 17.5 Å². The van der Waals surface area contributed by atoms with Crippen LogP contribution in [0.25, 0.3) is 0 Å². The molecule has 0 saturated carbocycles. The molecule has 6 rings (SSSR count). The van der Waals surface area contributed by atoms with Crippen LogP contribution >= 0.6 is 23.4 Å². The molecule has 1 spiro atoms. The first-order chi connectivity index (χ1) is 17.1. The van der Waals surface area contributed by atoms with Gasteiger partial charge in [0.05, 0.1) is 24.4 Å². The number of pyridine rings is 1. The van der Waals surface area contributed by atoms with Crippen LogP contribution in [0.1, 0.15) is 24.0 Å². The van der Waals surface area contributed by atoms with E-state index in [1.807, 2.05) is 12.3 Å². The Kier molecular flexibility index (Phi) is 6.20. The minimum atomic E-state index is 0.394. The predicted octanol–water partition coefficient (Wildman–Crippen LogP) is 4.48. The first-order valence-corrected chi connectivity index (χ1v) is 13.4. The fourth-order valence-electron chi connectivity index (χ4n) is 5.54. The van der Waals surface area contributed by atoms with Crippen LogP contribution in [-0.4, -0.2) is 54.3 Å². The van der Waals surface area contributed by atoms with Gasteiger partial charge in [-0.2, -0.15) is 0 Å². The Morgan fingerprint density at radius 1 is 0.943 bits per heavy atom. The molecule has 2 saturated heterocycles. The third kappa shape index (κ3) is 4.55. The van der Waals surface area contributed by atoms with Crippen LogP contribution in [0.2, 0.25) is 5.02 Å². The van der Waals surface area contributed by atoms with Crippen molar-refractivity contribution in [2.75, 3.05) is 54.9 Å². The van der Waals surface area contributed by atoms with Gasteiger partial charge in [0.2, 0.25) is 0 Å². The summed E-state index contributed by atoms with van der Waals surface area (Å²) in [6.07, 6.45) is 8.34.